The van der Waals surface area contributed by atoms with E-state index < -0.39 is 0 Å². The molecule has 1 N–H and O–H groups in total. The van der Waals surface area contributed by atoms with Gasteiger partial charge in [-0.15, -0.1) is 0 Å². The first-order valence-corrected chi connectivity index (χ1v) is 5.45. The number of rotatable bonds is 4. The molecule has 0 bridgehead atoms. The molecule has 1 aliphatic rings. The van der Waals surface area contributed by atoms with Crippen LogP contribution in [0.3, 0.4) is 0 Å². The molecule has 1 amide bonds. The Kier molecular flexibility index (Phi) is 3.29. The summed E-state index contributed by atoms with van der Waals surface area (Å²) in [4.78, 5) is 11.3. The predicted octanol–water partition coefficient (Wildman–Crippen LogP) is 1.83. The van der Waals surface area contributed by atoms with Crippen LogP contribution in [0.15, 0.2) is 18.2 Å². The van der Waals surface area contributed by atoms with E-state index in [1.54, 1.807) is 0 Å². The van der Waals surface area contributed by atoms with Gasteiger partial charge in [-0.05, 0) is 24.1 Å². The average molecular weight is 221 g/mol. The van der Waals surface area contributed by atoms with Crippen LogP contribution in [0.4, 0.5) is 0 Å². The number of fused-ring (bicyclic) bond motifs is 1. The molecule has 4 heteroatoms. The lowest BCUT2D eigenvalue weighted by Gasteiger charge is -2.05. The van der Waals surface area contributed by atoms with Crippen molar-refractivity contribution in [3.05, 3.63) is 23.8 Å². The third-order valence-corrected chi connectivity index (χ3v) is 2.40. The summed E-state index contributed by atoms with van der Waals surface area (Å²) in [5.41, 5.74) is 1.02. The van der Waals surface area contributed by atoms with E-state index in [2.05, 4.69) is 5.32 Å². The summed E-state index contributed by atoms with van der Waals surface area (Å²) >= 11 is 0. The van der Waals surface area contributed by atoms with E-state index in [0.29, 0.717) is 13.0 Å². The van der Waals surface area contributed by atoms with Crippen molar-refractivity contribution in [1.29, 1.82) is 0 Å². The van der Waals surface area contributed by atoms with Gasteiger partial charge in [0.1, 0.15) is 0 Å². The van der Waals surface area contributed by atoms with Crippen LogP contribution in [-0.4, -0.2) is 12.7 Å². The van der Waals surface area contributed by atoms with E-state index in [0.717, 1.165) is 23.5 Å². The zero-order chi connectivity index (χ0) is 11.4. The Hall–Kier alpha value is -1.71. The Morgan fingerprint density at radius 1 is 1.38 bits per heavy atom. The number of carbonyl (C=O) groups is 1. The topological polar surface area (TPSA) is 47.6 Å². The number of carbonyl (C=O) groups excluding carboxylic acids is 1. The van der Waals surface area contributed by atoms with Gasteiger partial charge >= 0.3 is 0 Å². The molecule has 0 aromatic heterocycles. The highest BCUT2D eigenvalue weighted by Crippen LogP contribution is 2.32. The zero-order valence-electron chi connectivity index (χ0n) is 9.29. The highest BCUT2D eigenvalue weighted by atomic mass is 16.7. The van der Waals surface area contributed by atoms with Crippen molar-refractivity contribution in [3.8, 4) is 11.5 Å². The monoisotopic (exact) mass is 221 g/mol. The maximum Gasteiger partial charge on any atom is 0.231 e. The zero-order valence-corrected chi connectivity index (χ0v) is 9.29. The maximum atomic E-state index is 11.3. The van der Waals surface area contributed by atoms with Crippen LogP contribution in [0, 0.1) is 0 Å². The Labute approximate surface area is 94.6 Å². The fourth-order valence-electron chi connectivity index (χ4n) is 1.57. The van der Waals surface area contributed by atoms with Gasteiger partial charge in [0.05, 0.1) is 0 Å². The maximum absolute atomic E-state index is 11.3. The lowest BCUT2D eigenvalue weighted by molar-refractivity contribution is -0.121. The molecule has 0 saturated carbocycles. The van der Waals surface area contributed by atoms with Gasteiger partial charge in [-0.1, -0.05) is 13.0 Å². The molecule has 1 aromatic rings. The van der Waals surface area contributed by atoms with Crippen LogP contribution >= 0.6 is 0 Å². The van der Waals surface area contributed by atoms with Gasteiger partial charge in [0.2, 0.25) is 12.7 Å². The minimum atomic E-state index is 0.0835. The van der Waals surface area contributed by atoms with Crippen LogP contribution in [0.25, 0.3) is 0 Å². The molecule has 1 aromatic carbocycles. The highest BCUT2D eigenvalue weighted by Gasteiger charge is 2.13. The summed E-state index contributed by atoms with van der Waals surface area (Å²) in [6.45, 7) is 2.80. The molecule has 16 heavy (non-hydrogen) atoms. The van der Waals surface area contributed by atoms with Crippen molar-refractivity contribution >= 4 is 5.91 Å². The molecular formula is C12H15NO3. The molecule has 0 atom stereocenters. The molecule has 1 heterocycles. The van der Waals surface area contributed by atoms with Gasteiger partial charge in [-0.3, -0.25) is 4.79 Å². The molecule has 0 radical (unpaired) electrons. The predicted molar refractivity (Wildman–Crippen MR) is 59.3 cm³/mol. The van der Waals surface area contributed by atoms with Crippen LogP contribution in [0.2, 0.25) is 0 Å². The second kappa shape index (κ2) is 4.88. The second-order valence-corrected chi connectivity index (χ2v) is 3.71. The normalized spacial score (nSPS) is 12.6. The van der Waals surface area contributed by atoms with Crippen LogP contribution in [0.5, 0.6) is 11.5 Å². The quantitative estimate of drug-likeness (QED) is 0.843. The van der Waals surface area contributed by atoms with Gasteiger partial charge < -0.3 is 14.8 Å². The van der Waals surface area contributed by atoms with Gasteiger partial charge in [0.25, 0.3) is 0 Å². The van der Waals surface area contributed by atoms with Crippen LogP contribution in [0.1, 0.15) is 25.3 Å². The smallest absolute Gasteiger partial charge is 0.231 e. The third kappa shape index (κ3) is 2.45. The Bertz CT molecular complexity index is 390. The largest absolute Gasteiger partial charge is 0.454 e. The van der Waals surface area contributed by atoms with Crippen LogP contribution in [-0.2, 0) is 11.3 Å². The minimum Gasteiger partial charge on any atom is -0.454 e. The average Bonchev–Trinajstić information content (AvgIpc) is 2.74. The summed E-state index contributed by atoms with van der Waals surface area (Å²) in [7, 11) is 0. The van der Waals surface area contributed by atoms with E-state index in [1.807, 2.05) is 25.1 Å². The van der Waals surface area contributed by atoms with Crippen molar-refractivity contribution in [3.63, 3.8) is 0 Å². The number of hydrogen-bond donors (Lipinski definition) is 1. The summed E-state index contributed by atoms with van der Waals surface area (Å²) in [6, 6.07) is 5.69. The molecule has 4 nitrogen and oxygen atoms in total. The van der Waals surface area contributed by atoms with Crippen molar-refractivity contribution in [2.75, 3.05) is 6.79 Å². The van der Waals surface area contributed by atoms with E-state index in [-0.39, 0.29) is 12.7 Å². The highest BCUT2D eigenvalue weighted by molar-refractivity contribution is 5.75. The first-order valence-electron chi connectivity index (χ1n) is 5.45. The molecular weight excluding hydrogens is 206 g/mol. The van der Waals surface area contributed by atoms with Crippen molar-refractivity contribution in [2.45, 2.75) is 26.3 Å². The number of amides is 1. The van der Waals surface area contributed by atoms with E-state index in [4.69, 9.17) is 9.47 Å². The molecule has 0 aliphatic carbocycles. The van der Waals surface area contributed by atoms with Gasteiger partial charge in [-0.2, -0.15) is 0 Å². The van der Waals surface area contributed by atoms with Crippen molar-refractivity contribution < 1.29 is 14.3 Å². The first kappa shape index (κ1) is 10.8. The van der Waals surface area contributed by atoms with Gasteiger partial charge in [0.15, 0.2) is 11.5 Å². The number of ether oxygens (including phenoxy) is 2. The van der Waals surface area contributed by atoms with E-state index in [1.165, 1.54) is 0 Å². The third-order valence-electron chi connectivity index (χ3n) is 2.40. The summed E-state index contributed by atoms with van der Waals surface area (Å²) in [5, 5.41) is 2.86. The number of hydrogen-bond acceptors (Lipinski definition) is 3. The van der Waals surface area contributed by atoms with E-state index in [9.17, 15) is 4.79 Å². The minimum absolute atomic E-state index is 0.0835. The number of nitrogens with one attached hydrogen (secondary N) is 1. The molecule has 0 saturated heterocycles. The summed E-state index contributed by atoms with van der Waals surface area (Å²) < 4.78 is 10.5. The molecule has 2 rings (SSSR count). The molecule has 86 valence electrons. The SMILES string of the molecule is CCCC(=O)NCc1ccc2c(c1)OCO2. The van der Waals surface area contributed by atoms with E-state index >= 15 is 0 Å². The van der Waals surface area contributed by atoms with Gasteiger partial charge in [0, 0.05) is 13.0 Å². The second-order valence-electron chi connectivity index (χ2n) is 3.71. The standard InChI is InChI=1S/C12H15NO3/c1-2-3-12(14)13-7-9-4-5-10-11(6-9)16-8-15-10/h4-6H,2-3,7-8H2,1H3,(H,13,14). The lowest BCUT2D eigenvalue weighted by Crippen LogP contribution is -2.21. The fraction of sp³-hybridized carbons (Fsp3) is 0.417. The molecule has 0 unspecified atom stereocenters. The summed E-state index contributed by atoms with van der Waals surface area (Å²) in [5.74, 6) is 1.60. The molecule has 0 spiro atoms. The lowest BCUT2D eigenvalue weighted by atomic mass is 10.2. The van der Waals surface area contributed by atoms with Crippen LogP contribution < -0.4 is 14.8 Å². The Balaban J connectivity index is 1.93. The van der Waals surface area contributed by atoms with Crippen molar-refractivity contribution in [2.24, 2.45) is 0 Å². The Morgan fingerprint density at radius 3 is 3.00 bits per heavy atom. The first-order chi connectivity index (χ1) is 7.79. The summed E-state index contributed by atoms with van der Waals surface area (Å²) in [6.07, 6.45) is 1.44. The van der Waals surface area contributed by atoms with Gasteiger partial charge in [-0.25, -0.2) is 0 Å². The Morgan fingerprint density at radius 2 is 2.19 bits per heavy atom. The molecule has 1 aliphatic heterocycles. The fourth-order valence-corrected chi connectivity index (χ4v) is 1.57. The number of benzene rings is 1. The molecule has 0 fully saturated rings. The van der Waals surface area contributed by atoms with Crippen molar-refractivity contribution in [1.82, 2.24) is 5.32 Å².